The van der Waals surface area contributed by atoms with E-state index in [9.17, 15) is 14.7 Å². The molecule has 0 spiro atoms. The highest BCUT2D eigenvalue weighted by Crippen LogP contribution is 2.26. The molecule has 8 heteroatoms. The largest absolute Gasteiger partial charge is 0.478 e. The van der Waals surface area contributed by atoms with Crippen molar-refractivity contribution < 1.29 is 39.4 Å². The van der Waals surface area contributed by atoms with Crippen molar-refractivity contribution in [3.05, 3.63) is 179 Å². The fourth-order valence-corrected chi connectivity index (χ4v) is 5.39. The molecule has 0 heterocycles. The van der Waals surface area contributed by atoms with Crippen LogP contribution in [0.1, 0.15) is 43.0 Å². The lowest BCUT2D eigenvalue weighted by molar-refractivity contribution is -0.253. The fourth-order valence-electron chi connectivity index (χ4n) is 5.39. The van der Waals surface area contributed by atoms with Gasteiger partial charge < -0.3 is 14.7 Å². The third kappa shape index (κ3) is 8.46. The molecule has 6 aromatic carbocycles. The molecule has 0 aliphatic carbocycles. The number of hydrogen-bond donors (Lipinski definition) is 2. The Morgan fingerprint density at radius 2 is 1.10 bits per heavy atom. The van der Waals surface area contributed by atoms with E-state index in [0.29, 0.717) is 23.5 Å². The molecular weight excluding hydrogens is 620 g/mol. The van der Waals surface area contributed by atoms with Crippen LogP contribution in [-0.2, 0) is 29.4 Å². The Morgan fingerprint density at radius 1 is 0.531 bits per heavy atom. The van der Waals surface area contributed by atoms with Gasteiger partial charge in [0.15, 0.2) is 5.75 Å². The molecule has 2 N–H and O–H groups in total. The first-order valence-electron chi connectivity index (χ1n) is 15.5. The van der Waals surface area contributed by atoms with Gasteiger partial charge in [0.1, 0.15) is 19.0 Å². The van der Waals surface area contributed by atoms with E-state index < -0.39 is 11.9 Å². The van der Waals surface area contributed by atoms with Gasteiger partial charge in [-0.25, -0.2) is 14.5 Å². The number of carboxylic acids is 1. The summed E-state index contributed by atoms with van der Waals surface area (Å²) in [6, 6.07) is 44.4. The molecule has 6 rings (SSSR count). The Hall–Kier alpha value is -6.06. The quantitative estimate of drug-likeness (QED) is 0.0550. The number of carboxylic acid groups (broad SMARTS) is 1. The number of hydrogen-bond acceptors (Lipinski definition) is 7. The lowest BCUT2D eigenvalue weighted by Gasteiger charge is -2.12. The summed E-state index contributed by atoms with van der Waals surface area (Å²) in [7, 11) is 0. The first-order valence-corrected chi connectivity index (χ1v) is 15.5. The Kier molecular flexibility index (Phi) is 10.5. The van der Waals surface area contributed by atoms with Crippen molar-refractivity contribution in [3.63, 3.8) is 0 Å². The Bertz CT molecular complexity index is 2020. The number of carbonyl (C=O) groups is 2. The predicted octanol–water partition coefficient (Wildman–Crippen LogP) is 9.03. The lowest BCUT2D eigenvalue weighted by Crippen LogP contribution is -2.14. The zero-order valence-electron chi connectivity index (χ0n) is 26.3. The molecule has 8 nitrogen and oxygen atoms in total. The average molecular weight is 653 g/mol. The van der Waals surface area contributed by atoms with E-state index in [4.69, 9.17) is 19.8 Å². The van der Waals surface area contributed by atoms with E-state index >= 15 is 0 Å². The second kappa shape index (κ2) is 15.7. The van der Waals surface area contributed by atoms with Gasteiger partial charge in [-0.3, -0.25) is 5.26 Å². The molecule has 0 bridgehead atoms. The first kappa shape index (κ1) is 32.9. The van der Waals surface area contributed by atoms with Crippen LogP contribution in [0.4, 0.5) is 0 Å². The van der Waals surface area contributed by atoms with Crippen LogP contribution in [0.2, 0.25) is 0 Å². The second-order valence-electron chi connectivity index (χ2n) is 11.3. The van der Waals surface area contributed by atoms with Crippen molar-refractivity contribution >= 4 is 11.9 Å². The minimum atomic E-state index is -1.21. The molecule has 0 fully saturated rings. The highest BCUT2D eigenvalue weighted by atomic mass is 17.2. The minimum absolute atomic E-state index is 0.0199. The zero-order chi connectivity index (χ0) is 34.0. The lowest BCUT2D eigenvalue weighted by atomic mass is 9.99. The van der Waals surface area contributed by atoms with Gasteiger partial charge in [-0.05, 0) is 93.4 Å². The number of esters is 1. The maximum absolute atomic E-state index is 12.9. The Morgan fingerprint density at radius 3 is 1.69 bits per heavy atom. The summed E-state index contributed by atoms with van der Waals surface area (Å²) >= 11 is 0. The van der Waals surface area contributed by atoms with E-state index in [0.717, 1.165) is 38.9 Å². The summed E-state index contributed by atoms with van der Waals surface area (Å²) in [5.41, 5.74) is 7.07. The average Bonchev–Trinajstić information content (AvgIpc) is 3.14. The van der Waals surface area contributed by atoms with Gasteiger partial charge in [-0.2, -0.15) is 4.89 Å². The number of aromatic carboxylic acids is 1. The van der Waals surface area contributed by atoms with Crippen LogP contribution in [-0.4, -0.2) is 22.3 Å². The molecule has 0 unspecified atom stereocenters. The van der Waals surface area contributed by atoms with E-state index in [-0.39, 0.29) is 24.3 Å². The molecule has 244 valence electrons. The van der Waals surface area contributed by atoms with Crippen molar-refractivity contribution in [1.29, 1.82) is 0 Å². The number of carbonyl (C=O) groups excluding carboxylic acids is 1. The van der Waals surface area contributed by atoms with E-state index in [1.807, 2.05) is 115 Å². The first-order chi connectivity index (χ1) is 24.0. The van der Waals surface area contributed by atoms with Gasteiger partial charge >= 0.3 is 11.9 Å². The molecular formula is C41H32O8. The van der Waals surface area contributed by atoms with E-state index in [2.05, 4.69) is 4.89 Å². The van der Waals surface area contributed by atoms with Crippen LogP contribution in [0.5, 0.6) is 11.5 Å². The molecule has 0 aromatic heterocycles. The van der Waals surface area contributed by atoms with Gasteiger partial charge in [0.2, 0.25) is 0 Å². The topological polar surface area (TPSA) is 112 Å². The standard InChI is InChI=1S/C41H32O8/c42-40(43)39-25-33(31-9-5-2-6-10-31)17-22-38(39)41(44)48-36-18-11-28(12-19-36)23-29-13-20-37(21-14-29)49-47-27-34-16-15-32(24-35(34)26-46-45)30-7-3-1-4-8-30/h1-22,24-25,45H,23,26-27H2,(H,42,43). The van der Waals surface area contributed by atoms with Crippen LogP contribution in [0.15, 0.2) is 146 Å². The van der Waals surface area contributed by atoms with Gasteiger partial charge in [0.25, 0.3) is 0 Å². The highest BCUT2D eigenvalue weighted by molar-refractivity contribution is 6.04. The SMILES string of the molecule is O=C(O)c1cc(-c2ccccc2)ccc1C(=O)Oc1ccc(Cc2ccc(OOCc3ccc(-c4ccccc4)cc3COO)cc2)cc1. The summed E-state index contributed by atoms with van der Waals surface area (Å²) in [6.45, 7) is 0.176. The highest BCUT2D eigenvalue weighted by Gasteiger charge is 2.20. The zero-order valence-corrected chi connectivity index (χ0v) is 26.3. The number of ether oxygens (including phenoxy) is 1. The maximum Gasteiger partial charge on any atom is 0.344 e. The smallest absolute Gasteiger partial charge is 0.344 e. The summed E-state index contributed by atoms with van der Waals surface area (Å²) in [6.07, 6.45) is 0.623. The van der Waals surface area contributed by atoms with Crippen LogP contribution in [0.25, 0.3) is 22.3 Å². The summed E-state index contributed by atoms with van der Waals surface area (Å²) < 4.78 is 5.52. The van der Waals surface area contributed by atoms with Crippen molar-refractivity contribution in [2.45, 2.75) is 19.6 Å². The van der Waals surface area contributed by atoms with Gasteiger partial charge in [-0.1, -0.05) is 103 Å². The molecule has 0 radical (unpaired) electrons. The van der Waals surface area contributed by atoms with Crippen molar-refractivity contribution in [2.24, 2.45) is 0 Å². The van der Waals surface area contributed by atoms with Crippen molar-refractivity contribution in [2.75, 3.05) is 0 Å². The fraction of sp³-hybridized carbons (Fsp3) is 0.0732. The van der Waals surface area contributed by atoms with Crippen LogP contribution < -0.4 is 9.62 Å². The van der Waals surface area contributed by atoms with Gasteiger partial charge in [-0.15, -0.1) is 0 Å². The van der Waals surface area contributed by atoms with E-state index in [1.54, 1.807) is 18.2 Å². The van der Waals surface area contributed by atoms with Crippen LogP contribution in [0, 0.1) is 0 Å². The maximum atomic E-state index is 12.9. The van der Waals surface area contributed by atoms with Crippen LogP contribution in [0.3, 0.4) is 0 Å². The summed E-state index contributed by atoms with van der Waals surface area (Å²) in [5.74, 6) is -1.12. The summed E-state index contributed by atoms with van der Waals surface area (Å²) in [4.78, 5) is 40.3. The van der Waals surface area contributed by atoms with Gasteiger partial charge in [0.05, 0.1) is 11.1 Å². The predicted molar refractivity (Wildman–Crippen MR) is 184 cm³/mol. The van der Waals surface area contributed by atoms with Crippen molar-refractivity contribution in [3.8, 4) is 33.8 Å². The molecule has 49 heavy (non-hydrogen) atoms. The minimum Gasteiger partial charge on any atom is -0.478 e. The molecule has 0 atom stereocenters. The normalized spacial score (nSPS) is 10.8. The number of rotatable bonds is 13. The third-order valence-electron chi connectivity index (χ3n) is 7.95. The van der Waals surface area contributed by atoms with Crippen LogP contribution >= 0.6 is 0 Å². The monoisotopic (exact) mass is 652 g/mol. The molecule has 0 saturated heterocycles. The second-order valence-corrected chi connectivity index (χ2v) is 11.3. The van der Waals surface area contributed by atoms with Gasteiger partial charge in [0, 0.05) is 0 Å². The van der Waals surface area contributed by atoms with Crippen molar-refractivity contribution in [1.82, 2.24) is 0 Å². The molecule has 0 aliphatic heterocycles. The summed E-state index contributed by atoms with van der Waals surface area (Å²) in [5, 5.41) is 18.9. The molecule has 6 aromatic rings. The van der Waals surface area contributed by atoms with E-state index in [1.165, 1.54) is 12.1 Å². The Labute approximate surface area is 283 Å². The molecule has 0 saturated carbocycles. The molecule has 0 aliphatic rings. The Balaban J connectivity index is 1.02. The third-order valence-corrected chi connectivity index (χ3v) is 7.95. The number of benzene rings is 6. The molecule has 0 amide bonds.